The number of nitrogens with one attached hydrogen (secondary N) is 1. The van der Waals surface area contributed by atoms with Crippen molar-refractivity contribution in [3.63, 3.8) is 0 Å². The molecule has 0 spiro atoms. The number of benzene rings is 2. The van der Waals surface area contributed by atoms with Crippen molar-refractivity contribution < 1.29 is 33.4 Å². The van der Waals surface area contributed by atoms with Gasteiger partial charge in [0.2, 0.25) is 11.8 Å². The first kappa shape index (κ1) is 23.8. The SMILES string of the molecule is CCOC(=O)c1cc(NC(=O)C2CC(=O)N(c3cccc(OC)c3)C2)cc(C(=O)OCC)c1. The number of esters is 2. The minimum atomic E-state index is -0.626. The summed E-state index contributed by atoms with van der Waals surface area (Å²) in [6, 6.07) is 11.3. The second-order valence-electron chi connectivity index (χ2n) is 7.34. The number of carbonyl (C=O) groups is 4. The van der Waals surface area contributed by atoms with Crippen LogP contribution in [0.4, 0.5) is 11.4 Å². The fraction of sp³-hybridized carbons (Fsp3) is 0.333. The fourth-order valence-corrected chi connectivity index (χ4v) is 3.52. The van der Waals surface area contributed by atoms with E-state index in [1.54, 1.807) is 38.1 Å². The molecule has 1 saturated heterocycles. The monoisotopic (exact) mass is 454 g/mol. The Balaban J connectivity index is 1.79. The average molecular weight is 454 g/mol. The second-order valence-corrected chi connectivity index (χ2v) is 7.34. The molecule has 0 radical (unpaired) electrons. The number of anilines is 2. The highest BCUT2D eigenvalue weighted by Crippen LogP contribution is 2.29. The van der Waals surface area contributed by atoms with E-state index in [1.807, 2.05) is 0 Å². The average Bonchev–Trinajstić information content (AvgIpc) is 3.21. The fourth-order valence-electron chi connectivity index (χ4n) is 3.52. The molecule has 1 fully saturated rings. The third-order valence-corrected chi connectivity index (χ3v) is 5.08. The van der Waals surface area contributed by atoms with Crippen LogP contribution >= 0.6 is 0 Å². The van der Waals surface area contributed by atoms with Crippen LogP contribution in [0.5, 0.6) is 5.75 Å². The number of carbonyl (C=O) groups excluding carboxylic acids is 4. The van der Waals surface area contributed by atoms with E-state index in [1.165, 1.54) is 30.2 Å². The lowest BCUT2D eigenvalue weighted by molar-refractivity contribution is -0.122. The van der Waals surface area contributed by atoms with E-state index in [9.17, 15) is 19.2 Å². The van der Waals surface area contributed by atoms with Crippen LogP contribution in [0, 0.1) is 5.92 Å². The summed E-state index contributed by atoms with van der Waals surface area (Å²) in [5.74, 6) is -1.84. The Kier molecular flexibility index (Phi) is 7.66. The molecule has 1 unspecified atom stereocenters. The van der Waals surface area contributed by atoms with Crippen molar-refractivity contribution in [2.45, 2.75) is 20.3 Å². The van der Waals surface area contributed by atoms with Crippen molar-refractivity contribution >= 4 is 35.1 Å². The van der Waals surface area contributed by atoms with Crippen molar-refractivity contribution in [1.82, 2.24) is 0 Å². The lowest BCUT2D eigenvalue weighted by Crippen LogP contribution is -2.28. The van der Waals surface area contributed by atoms with E-state index < -0.39 is 23.8 Å². The van der Waals surface area contributed by atoms with E-state index >= 15 is 0 Å². The van der Waals surface area contributed by atoms with Gasteiger partial charge >= 0.3 is 11.9 Å². The van der Waals surface area contributed by atoms with Gasteiger partial charge in [0.05, 0.1) is 37.4 Å². The highest BCUT2D eigenvalue weighted by atomic mass is 16.5. The molecule has 9 nitrogen and oxygen atoms in total. The van der Waals surface area contributed by atoms with Gasteiger partial charge in [-0.2, -0.15) is 0 Å². The Morgan fingerprint density at radius 3 is 2.21 bits per heavy atom. The molecule has 9 heteroatoms. The number of hydrogen-bond acceptors (Lipinski definition) is 7. The highest BCUT2D eigenvalue weighted by molar-refractivity contribution is 6.05. The summed E-state index contributed by atoms with van der Waals surface area (Å²) in [7, 11) is 1.54. The Morgan fingerprint density at radius 1 is 1.00 bits per heavy atom. The Bertz CT molecular complexity index is 1030. The van der Waals surface area contributed by atoms with Gasteiger partial charge in [-0.1, -0.05) is 6.07 Å². The molecule has 0 aliphatic carbocycles. The Hall–Kier alpha value is -3.88. The van der Waals surface area contributed by atoms with Crippen LogP contribution in [0.25, 0.3) is 0 Å². The summed E-state index contributed by atoms with van der Waals surface area (Å²) >= 11 is 0. The zero-order valence-electron chi connectivity index (χ0n) is 18.8. The van der Waals surface area contributed by atoms with Crippen LogP contribution in [0.15, 0.2) is 42.5 Å². The maximum Gasteiger partial charge on any atom is 0.338 e. The van der Waals surface area contributed by atoms with E-state index in [4.69, 9.17) is 14.2 Å². The van der Waals surface area contributed by atoms with Gasteiger partial charge in [0, 0.05) is 30.4 Å². The van der Waals surface area contributed by atoms with Crippen LogP contribution in [0.2, 0.25) is 0 Å². The topological polar surface area (TPSA) is 111 Å². The standard InChI is InChI=1S/C24H26N2O7/c1-4-32-23(29)15-9-16(24(30)33-5-2)11-18(10-15)25-22(28)17-12-21(27)26(14-17)19-7-6-8-20(13-19)31-3/h6-11,13,17H,4-5,12,14H2,1-3H3,(H,25,28). The molecule has 2 amide bonds. The van der Waals surface area contributed by atoms with E-state index in [2.05, 4.69) is 5.32 Å². The van der Waals surface area contributed by atoms with Crippen molar-refractivity contribution in [2.75, 3.05) is 37.1 Å². The first-order chi connectivity index (χ1) is 15.9. The van der Waals surface area contributed by atoms with E-state index in [0.717, 1.165) is 0 Å². The predicted octanol–water partition coefficient (Wildman–Crippen LogP) is 3.04. The third kappa shape index (κ3) is 5.68. The second kappa shape index (κ2) is 10.6. The van der Waals surface area contributed by atoms with Crippen molar-refractivity contribution in [2.24, 2.45) is 5.92 Å². The zero-order chi connectivity index (χ0) is 24.0. The molecule has 0 saturated carbocycles. The maximum atomic E-state index is 12.9. The minimum absolute atomic E-state index is 0.0331. The number of nitrogens with zero attached hydrogens (tertiary/aromatic N) is 1. The normalized spacial score (nSPS) is 15.2. The quantitative estimate of drug-likeness (QED) is 0.610. The molecule has 1 heterocycles. The van der Waals surface area contributed by atoms with Crippen LogP contribution in [0.1, 0.15) is 41.0 Å². The first-order valence-electron chi connectivity index (χ1n) is 10.6. The molecule has 174 valence electrons. The molecular formula is C24H26N2O7. The lowest BCUT2D eigenvalue weighted by atomic mass is 10.1. The number of rotatable bonds is 8. The van der Waals surface area contributed by atoms with E-state index in [-0.39, 0.29) is 48.9 Å². The molecular weight excluding hydrogens is 428 g/mol. The Labute approximate surface area is 191 Å². The van der Waals surface area contributed by atoms with Crippen molar-refractivity contribution in [1.29, 1.82) is 0 Å². The summed E-state index contributed by atoms with van der Waals surface area (Å²) in [6.45, 7) is 3.85. The molecule has 33 heavy (non-hydrogen) atoms. The summed E-state index contributed by atoms with van der Waals surface area (Å²) in [5.41, 5.74) is 1.10. The zero-order valence-corrected chi connectivity index (χ0v) is 18.8. The number of hydrogen-bond donors (Lipinski definition) is 1. The maximum absolute atomic E-state index is 12.9. The third-order valence-electron chi connectivity index (χ3n) is 5.08. The summed E-state index contributed by atoms with van der Waals surface area (Å²) in [5, 5.41) is 2.72. The summed E-state index contributed by atoms with van der Waals surface area (Å²) in [6.07, 6.45) is 0.0331. The van der Waals surface area contributed by atoms with Gasteiger partial charge in [0.25, 0.3) is 0 Å². The predicted molar refractivity (Wildman–Crippen MR) is 120 cm³/mol. The van der Waals surface area contributed by atoms with Gasteiger partial charge in [0.1, 0.15) is 5.75 Å². The number of methoxy groups -OCH3 is 1. The smallest absolute Gasteiger partial charge is 0.338 e. The molecule has 3 rings (SSSR count). The first-order valence-corrected chi connectivity index (χ1v) is 10.6. The van der Waals surface area contributed by atoms with E-state index in [0.29, 0.717) is 11.4 Å². The van der Waals surface area contributed by atoms with Crippen molar-refractivity contribution in [3.8, 4) is 5.75 Å². The van der Waals surface area contributed by atoms with Gasteiger partial charge in [-0.15, -0.1) is 0 Å². The molecule has 1 aliphatic rings. The van der Waals surface area contributed by atoms with Gasteiger partial charge in [-0.05, 0) is 44.2 Å². The molecule has 2 aromatic carbocycles. The lowest BCUT2D eigenvalue weighted by Gasteiger charge is -2.17. The van der Waals surface area contributed by atoms with Crippen LogP contribution in [0.3, 0.4) is 0 Å². The molecule has 1 atom stereocenters. The van der Waals surface area contributed by atoms with Gasteiger partial charge in [0.15, 0.2) is 0 Å². The molecule has 1 aliphatic heterocycles. The van der Waals surface area contributed by atoms with Crippen LogP contribution < -0.4 is 15.0 Å². The minimum Gasteiger partial charge on any atom is -0.497 e. The summed E-state index contributed by atoms with van der Waals surface area (Å²) in [4.78, 5) is 51.5. The number of ether oxygens (including phenoxy) is 3. The van der Waals surface area contributed by atoms with Gasteiger partial charge in [-0.25, -0.2) is 9.59 Å². The van der Waals surface area contributed by atoms with Crippen molar-refractivity contribution in [3.05, 3.63) is 53.6 Å². The van der Waals surface area contributed by atoms with Crippen LogP contribution in [-0.2, 0) is 19.1 Å². The molecule has 2 aromatic rings. The van der Waals surface area contributed by atoms with Gasteiger partial charge < -0.3 is 24.4 Å². The molecule has 0 bridgehead atoms. The largest absolute Gasteiger partial charge is 0.497 e. The summed E-state index contributed by atoms with van der Waals surface area (Å²) < 4.78 is 15.2. The molecule has 1 N–H and O–H groups in total. The molecule has 0 aromatic heterocycles. The highest BCUT2D eigenvalue weighted by Gasteiger charge is 2.35. The number of amides is 2. The van der Waals surface area contributed by atoms with Gasteiger partial charge in [-0.3, -0.25) is 9.59 Å². The Morgan fingerprint density at radius 2 is 1.64 bits per heavy atom. The van der Waals surface area contributed by atoms with Crippen LogP contribution in [-0.4, -0.2) is 50.6 Å².